The Labute approximate surface area is 119 Å². The van der Waals surface area contributed by atoms with Crippen LogP contribution in [0.3, 0.4) is 0 Å². The summed E-state index contributed by atoms with van der Waals surface area (Å²) < 4.78 is 0. The van der Waals surface area contributed by atoms with Crippen molar-refractivity contribution in [2.75, 3.05) is 0 Å². The first-order chi connectivity index (χ1) is 10.2. The van der Waals surface area contributed by atoms with Crippen LogP contribution in [0.5, 0.6) is 0 Å². The molecule has 2 N–H and O–H groups in total. The molecule has 104 valence electrons. The number of aromatic nitrogens is 2. The number of aromatic amines is 1. The maximum absolute atomic E-state index is 12.3. The van der Waals surface area contributed by atoms with Gasteiger partial charge in [-0.2, -0.15) is 0 Å². The molecule has 0 aliphatic rings. The first-order valence-corrected chi connectivity index (χ1v) is 6.43. The van der Waals surface area contributed by atoms with E-state index in [1.807, 2.05) is 0 Å². The average Bonchev–Trinajstić information content (AvgIpc) is 2.53. The van der Waals surface area contributed by atoms with Gasteiger partial charge in [0, 0.05) is 0 Å². The van der Waals surface area contributed by atoms with Gasteiger partial charge in [0.05, 0.1) is 11.0 Å². The fourth-order valence-electron chi connectivity index (χ4n) is 2.11. The van der Waals surface area contributed by atoms with E-state index in [0.29, 0.717) is 16.6 Å². The molecule has 0 saturated carbocycles. The summed E-state index contributed by atoms with van der Waals surface area (Å²) in [6.45, 7) is 0. The highest BCUT2D eigenvalue weighted by molar-refractivity contribution is 5.99. The van der Waals surface area contributed by atoms with Gasteiger partial charge in [-0.3, -0.25) is 9.59 Å². The number of fused-ring (bicyclic) bond motifs is 1. The molecule has 0 unspecified atom stereocenters. The Morgan fingerprint density at radius 3 is 2.48 bits per heavy atom. The number of hydrogen-bond acceptors (Lipinski definition) is 4. The van der Waals surface area contributed by atoms with Gasteiger partial charge in [-0.1, -0.05) is 42.5 Å². The molecule has 0 bridgehead atoms. The van der Waals surface area contributed by atoms with Crippen LogP contribution in [0.1, 0.15) is 22.2 Å². The number of benzene rings is 2. The van der Waals surface area contributed by atoms with Crippen molar-refractivity contribution in [1.82, 2.24) is 9.97 Å². The molecular formula is C16H12N2O3. The third kappa shape index (κ3) is 2.46. The van der Waals surface area contributed by atoms with E-state index < -0.39 is 17.4 Å². The topological polar surface area (TPSA) is 83.0 Å². The minimum atomic E-state index is -1.40. The lowest BCUT2D eigenvalue weighted by atomic mass is 10.0. The normalized spacial score (nSPS) is 12.2. The molecule has 5 nitrogen and oxygen atoms in total. The van der Waals surface area contributed by atoms with Gasteiger partial charge >= 0.3 is 0 Å². The number of carbonyl (C=O) groups excluding carboxylic acids is 1. The van der Waals surface area contributed by atoms with Crippen LogP contribution in [0.25, 0.3) is 11.0 Å². The second-order valence-electron chi connectivity index (χ2n) is 4.61. The standard InChI is InChI=1S/C16H12N2O3/c19-14(10-6-2-1-3-7-10)15(20)13-16(21)18-12-9-5-4-8-11(12)17-13/h1-9,14,19H,(H,18,21)/t14-/m0/s1. The third-order valence-electron chi connectivity index (χ3n) is 3.20. The molecule has 0 radical (unpaired) electrons. The molecule has 3 rings (SSSR count). The van der Waals surface area contributed by atoms with E-state index in [1.54, 1.807) is 54.6 Å². The number of ketones is 1. The molecule has 2 aromatic carbocycles. The number of carbonyl (C=O) groups is 1. The van der Waals surface area contributed by atoms with Gasteiger partial charge in [-0.05, 0) is 17.7 Å². The predicted molar refractivity (Wildman–Crippen MR) is 78.1 cm³/mol. The Morgan fingerprint density at radius 1 is 1.05 bits per heavy atom. The third-order valence-corrected chi connectivity index (χ3v) is 3.20. The number of aliphatic hydroxyl groups is 1. The van der Waals surface area contributed by atoms with E-state index in [4.69, 9.17) is 0 Å². The molecule has 3 aromatic rings. The van der Waals surface area contributed by atoms with Gasteiger partial charge in [-0.25, -0.2) is 4.98 Å². The van der Waals surface area contributed by atoms with Gasteiger partial charge in [0.1, 0.15) is 6.10 Å². The van der Waals surface area contributed by atoms with Gasteiger partial charge in [0.15, 0.2) is 5.69 Å². The van der Waals surface area contributed by atoms with E-state index in [1.165, 1.54) is 0 Å². The van der Waals surface area contributed by atoms with Crippen LogP contribution in [-0.2, 0) is 0 Å². The predicted octanol–water partition coefficient (Wildman–Crippen LogP) is 1.84. The molecule has 0 aliphatic carbocycles. The number of aliphatic hydroxyl groups excluding tert-OH is 1. The van der Waals surface area contributed by atoms with E-state index in [0.717, 1.165) is 0 Å². The van der Waals surface area contributed by atoms with E-state index in [2.05, 4.69) is 9.97 Å². The van der Waals surface area contributed by atoms with Crippen molar-refractivity contribution in [3.63, 3.8) is 0 Å². The highest BCUT2D eigenvalue weighted by Gasteiger charge is 2.23. The van der Waals surface area contributed by atoms with Crippen LogP contribution < -0.4 is 5.56 Å². The molecule has 0 fully saturated rings. The highest BCUT2D eigenvalue weighted by atomic mass is 16.3. The number of H-pyrrole nitrogens is 1. The molecule has 1 heterocycles. The van der Waals surface area contributed by atoms with E-state index >= 15 is 0 Å². The largest absolute Gasteiger partial charge is 0.380 e. The van der Waals surface area contributed by atoms with Crippen LogP contribution in [0.15, 0.2) is 59.4 Å². The number of Topliss-reactive ketones (excluding diaryl/α,β-unsaturated/α-hetero) is 1. The lowest BCUT2D eigenvalue weighted by Gasteiger charge is -2.09. The molecule has 5 heteroatoms. The lowest BCUT2D eigenvalue weighted by Crippen LogP contribution is -2.24. The number of hydrogen-bond donors (Lipinski definition) is 2. The molecule has 1 atom stereocenters. The summed E-state index contributed by atoms with van der Waals surface area (Å²) in [4.78, 5) is 30.9. The second kappa shape index (κ2) is 5.30. The number of nitrogens with zero attached hydrogens (tertiary/aromatic N) is 1. The zero-order valence-corrected chi connectivity index (χ0v) is 11.0. The Morgan fingerprint density at radius 2 is 1.71 bits per heavy atom. The van der Waals surface area contributed by atoms with E-state index in [9.17, 15) is 14.7 Å². The zero-order chi connectivity index (χ0) is 14.8. The van der Waals surface area contributed by atoms with Crippen molar-refractivity contribution < 1.29 is 9.90 Å². The summed E-state index contributed by atoms with van der Waals surface area (Å²) in [6, 6.07) is 15.4. The van der Waals surface area contributed by atoms with Crippen LogP contribution in [0, 0.1) is 0 Å². The summed E-state index contributed by atoms with van der Waals surface area (Å²) in [5.41, 5.74) is 0.588. The van der Waals surface area contributed by atoms with Gasteiger partial charge in [0.25, 0.3) is 5.56 Å². The maximum atomic E-state index is 12.3. The van der Waals surface area contributed by atoms with Crippen molar-refractivity contribution in [3.05, 3.63) is 76.2 Å². The van der Waals surface area contributed by atoms with Crippen molar-refractivity contribution in [1.29, 1.82) is 0 Å². The fourth-order valence-corrected chi connectivity index (χ4v) is 2.11. The highest BCUT2D eigenvalue weighted by Crippen LogP contribution is 2.16. The average molecular weight is 280 g/mol. The first-order valence-electron chi connectivity index (χ1n) is 6.43. The Hall–Kier alpha value is -2.79. The summed E-state index contributed by atoms with van der Waals surface area (Å²) in [7, 11) is 0. The molecule has 0 saturated heterocycles. The second-order valence-corrected chi connectivity index (χ2v) is 4.61. The first kappa shape index (κ1) is 13.2. The van der Waals surface area contributed by atoms with Gasteiger partial charge in [-0.15, -0.1) is 0 Å². The monoisotopic (exact) mass is 280 g/mol. The van der Waals surface area contributed by atoms with Crippen LogP contribution in [-0.4, -0.2) is 20.9 Å². The van der Waals surface area contributed by atoms with Crippen molar-refractivity contribution in [2.45, 2.75) is 6.10 Å². The minimum absolute atomic E-state index is 0.287. The van der Waals surface area contributed by atoms with Gasteiger partial charge < -0.3 is 10.1 Å². The maximum Gasteiger partial charge on any atom is 0.278 e. The summed E-state index contributed by atoms with van der Waals surface area (Å²) in [6.07, 6.45) is -1.40. The van der Waals surface area contributed by atoms with Crippen LogP contribution >= 0.6 is 0 Å². The summed E-state index contributed by atoms with van der Waals surface area (Å²) in [5, 5.41) is 10.1. The van der Waals surface area contributed by atoms with Crippen molar-refractivity contribution in [3.8, 4) is 0 Å². The summed E-state index contributed by atoms with van der Waals surface area (Å²) in [5.74, 6) is -0.715. The van der Waals surface area contributed by atoms with Gasteiger partial charge in [0.2, 0.25) is 5.78 Å². The SMILES string of the molecule is O=C(c1nc2ccccc2[nH]c1=O)[C@@H](O)c1ccccc1. The quantitative estimate of drug-likeness (QED) is 0.717. The zero-order valence-electron chi connectivity index (χ0n) is 11.0. The Balaban J connectivity index is 2.06. The molecule has 0 aliphatic heterocycles. The Kier molecular flexibility index (Phi) is 3.33. The number of rotatable bonds is 3. The minimum Gasteiger partial charge on any atom is -0.380 e. The molecule has 21 heavy (non-hydrogen) atoms. The molecule has 0 spiro atoms. The summed E-state index contributed by atoms with van der Waals surface area (Å²) >= 11 is 0. The molecule has 0 amide bonds. The number of nitrogens with one attached hydrogen (secondary N) is 1. The van der Waals surface area contributed by atoms with Crippen molar-refractivity contribution >= 4 is 16.8 Å². The number of para-hydroxylation sites is 2. The van der Waals surface area contributed by atoms with Crippen LogP contribution in [0.4, 0.5) is 0 Å². The van der Waals surface area contributed by atoms with Crippen LogP contribution in [0.2, 0.25) is 0 Å². The molecular weight excluding hydrogens is 268 g/mol. The smallest absolute Gasteiger partial charge is 0.278 e. The fraction of sp³-hybridized carbons (Fsp3) is 0.0625. The lowest BCUT2D eigenvalue weighted by molar-refractivity contribution is 0.0740. The Bertz CT molecular complexity index is 856. The molecule has 1 aromatic heterocycles. The van der Waals surface area contributed by atoms with Crippen molar-refractivity contribution in [2.24, 2.45) is 0 Å². The van der Waals surface area contributed by atoms with E-state index in [-0.39, 0.29) is 5.69 Å².